The highest BCUT2D eigenvalue weighted by Gasteiger charge is 2.20. The number of aromatic amines is 1. The zero-order chi connectivity index (χ0) is 21.0. The first kappa shape index (κ1) is 20.5. The largest absolute Gasteiger partial charge is 0.469 e. The quantitative estimate of drug-likeness (QED) is 0.493. The van der Waals surface area contributed by atoms with Crippen molar-refractivity contribution in [2.24, 2.45) is 4.99 Å². The average molecular weight is 416 g/mol. The van der Waals surface area contributed by atoms with Crippen molar-refractivity contribution in [2.45, 2.75) is 19.9 Å². The zero-order valence-electron chi connectivity index (χ0n) is 15.9. The van der Waals surface area contributed by atoms with Gasteiger partial charge in [-0.1, -0.05) is 23.7 Å². The monoisotopic (exact) mass is 415 g/mol. The van der Waals surface area contributed by atoms with Crippen LogP contribution in [0.1, 0.15) is 23.7 Å². The van der Waals surface area contributed by atoms with Gasteiger partial charge in [0.05, 0.1) is 37.0 Å². The number of aliphatic imine (C=N–C) groups is 1. The third-order valence-electron chi connectivity index (χ3n) is 4.37. The fourth-order valence-electron chi connectivity index (χ4n) is 2.85. The minimum Gasteiger partial charge on any atom is -0.469 e. The van der Waals surface area contributed by atoms with Crippen molar-refractivity contribution in [1.82, 2.24) is 9.78 Å². The van der Waals surface area contributed by atoms with Gasteiger partial charge in [0.15, 0.2) is 0 Å². The van der Waals surface area contributed by atoms with Crippen LogP contribution in [-0.2, 0) is 22.5 Å². The maximum atomic E-state index is 13.2. The Hall–Kier alpha value is -3.19. The molecule has 6 nitrogen and oxygen atoms in total. The van der Waals surface area contributed by atoms with Gasteiger partial charge >= 0.3 is 5.97 Å². The molecular formula is C21H19ClFN3O3. The SMILES string of the molecule is COC(=O)Cc1[nH]n(-c2ccc(F)cc2)c(=O)c1C(C)=NCc1ccc(Cl)cc1. The van der Waals surface area contributed by atoms with Gasteiger partial charge in [-0.05, 0) is 48.9 Å². The maximum Gasteiger partial charge on any atom is 0.311 e. The first-order valence-corrected chi connectivity index (χ1v) is 9.19. The van der Waals surface area contributed by atoms with Gasteiger partial charge in [0.25, 0.3) is 5.56 Å². The maximum absolute atomic E-state index is 13.2. The molecule has 0 bridgehead atoms. The molecule has 1 aromatic heterocycles. The predicted octanol–water partition coefficient (Wildman–Crippen LogP) is 3.68. The fraction of sp³-hybridized carbons (Fsp3) is 0.190. The van der Waals surface area contributed by atoms with Gasteiger partial charge < -0.3 is 4.74 Å². The number of rotatable bonds is 6. The number of aromatic nitrogens is 2. The zero-order valence-corrected chi connectivity index (χ0v) is 16.7. The third kappa shape index (κ3) is 4.81. The smallest absolute Gasteiger partial charge is 0.311 e. The normalized spacial score (nSPS) is 11.5. The second kappa shape index (κ2) is 8.87. The number of benzene rings is 2. The van der Waals surface area contributed by atoms with E-state index in [0.29, 0.717) is 28.7 Å². The van der Waals surface area contributed by atoms with Crippen molar-refractivity contribution in [2.75, 3.05) is 7.11 Å². The van der Waals surface area contributed by atoms with Crippen molar-refractivity contribution in [1.29, 1.82) is 0 Å². The second-order valence-corrected chi connectivity index (χ2v) is 6.80. The van der Waals surface area contributed by atoms with Gasteiger partial charge in [-0.3, -0.25) is 19.7 Å². The van der Waals surface area contributed by atoms with Crippen LogP contribution in [-0.4, -0.2) is 28.6 Å². The second-order valence-electron chi connectivity index (χ2n) is 6.36. The highest BCUT2D eigenvalue weighted by molar-refractivity contribution is 6.30. The number of carbonyl (C=O) groups excluding carboxylic acids is 1. The molecule has 0 aliphatic carbocycles. The topological polar surface area (TPSA) is 76.5 Å². The lowest BCUT2D eigenvalue weighted by Gasteiger charge is -2.02. The van der Waals surface area contributed by atoms with E-state index in [1.54, 1.807) is 19.1 Å². The fourth-order valence-corrected chi connectivity index (χ4v) is 2.98. The summed E-state index contributed by atoms with van der Waals surface area (Å²) in [6.07, 6.45) is -0.122. The number of hydrogen-bond donors (Lipinski definition) is 1. The van der Waals surface area contributed by atoms with Crippen molar-refractivity contribution in [3.8, 4) is 5.69 Å². The molecule has 0 atom stereocenters. The van der Waals surface area contributed by atoms with E-state index in [1.807, 2.05) is 12.1 Å². The molecule has 2 aromatic carbocycles. The summed E-state index contributed by atoms with van der Waals surface area (Å²) < 4.78 is 19.2. The lowest BCUT2D eigenvalue weighted by atomic mass is 10.1. The van der Waals surface area contributed by atoms with E-state index < -0.39 is 11.8 Å². The number of halogens is 2. The molecule has 0 saturated carbocycles. The first-order valence-electron chi connectivity index (χ1n) is 8.81. The molecule has 0 spiro atoms. The Morgan fingerprint density at radius 3 is 2.45 bits per heavy atom. The summed E-state index contributed by atoms with van der Waals surface area (Å²) in [6.45, 7) is 2.05. The van der Waals surface area contributed by atoms with E-state index in [1.165, 1.54) is 36.1 Å². The Labute approximate surface area is 171 Å². The number of nitrogens with zero attached hydrogens (tertiary/aromatic N) is 2. The molecule has 0 saturated heterocycles. The highest BCUT2D eigenvalue weighted by atomic mass is 35.5. The highest BCUT2D eigenvalue weighted by Crippen LogP contribution is 2.13. The van der Waals surface area contributed by atoms with Crippen LogP contribution in [0.25, 0.3) is 5.69 Å². The lowest BCUT2D eigenvalue weighted by molar-refractivity contribution is -0.139. The molecule has 8 heteroatoms. The molecule has 1 heterocycles. The van der Waals surface area contributed by atoms with Gasteiger partial charge in [-0.25, -0.2) is 9.07 Å². The molecule has 29 heavy (non-hydrogen) atoms. The molecule has 0 aliphatic rings. The molecule has 0 unspecified atom stereocenters. The van der Waals surface area contributed by atoms with Crippen molar-refractivity contribution < 1.29 is 13.9 Å². The molecule has 0 radical (unpaired) electrons. The summed E-state index contributed by atoms with van der Waals surface area (Å²) in [4.78, 5) is 29.3. The van der Waals surface area contributed by atoms with Gasteiger partial charge in [0, 0.05) is 10.7 Å². The Kier molecular flexibility index (Phi) is 6.29. The predicted molar refractivity (Wildman–Crippen MR) is 109 cm³/mol. The van der Waals surface area contributed by atoms with Gasteiger partial charge in [-0.15, -0.1) is 0 Å². The Balaban J connectivity index is 2.01. The van der Waals surface area contributed by atoms with E-state index in [0.717, 1.165) is 5.56 Å². The summed E-state index contributed by atoms with van der Waals surface area (Å²) in [5, 5.41) is 3.55. The van der Waals surface area contributed by atoms with E-state index in [-0.39, 0.29) is 17.5 Å². The van der Waals surface area contributed by atoms with Crippen LogP contribution < -0.4 is 5.56 Å². The van der Waals surface area contributed by atoms with E-state index >= 15 is 0 Å². The molecule has 1 N–H and O–H groups in total. The number of hydrogen-bond acceptors (Lipinski definition) is 4. The first-order chi connectivity index (χ1) is 13.9. The van der Waals surface area contributed by atoms with E-state index in [4.69, 9.17) is 16.3 Å². The van der Waals surface area contributed by atoms with Crippen LogP contribution >= 0.6 is 11.6 Å². The number of esters is 1. The summed E-state index contributed by atoms with van der Waals surface area (Å²) >= 11 is 5.89. The van der Waals surface area contributed by atoms with Gasteiger partial charge in [-0.2, -0.15) is 0 Å². The molecular weight excluding hydrogens is 397 g/mol. The van der Waals surface area contributed by atoms with Crippen LogP contribution in [0.2, 0.25) is 5.02 Å². The molecule has 0 aliphatic heterocycles. The molecule has 150 valence electrons. The van der Waals surface area contributed by atoms with Crippen LogP contribution in [0.3, 0.4) is 0 Å². The Morgan fingerprint density at radius 1 is 1.17 bits per heavy atom. The van der Waals surface area contributed by atoms with E-state index in [9.17, 15) is 14.0 Å². The van der Waals surface area contributed by atoms with Crippen molar-refractivity contribution >= 4 is 23.3 Å². The number of methoxy groups -OCH3 is 1. The number of carbonyl (C=O) groups is 1. The molecule has 0 fully saturated rings. The Bertz CT molecular complexity index is 1100. The average Bonchev–Trinajstić information content (AvgIpc) is 3.03. The molecule has 3 rings (SSSR count). The summed E-state index contributed by atoms with van der Waals surface area (Å²) in [5.41, 5.74) is 2.13. The van der Waals surface area contributed by atoms with Crippen LogP contribution in [0.15, 0.2) is 58.3 Å². The minimum absolute atomic E-state index is 0.122. The van der Waals surface area contributed by atoms with Crippen LogP contribution in [0.5, 0.6) is 0 Å². The van der Waals surface area contributed by atoms with Crippen LogP contribution in [0.4, 0.5) is 4.39 Å². The summed E-state index contributed by atoms with van der Waals surface area (Å²) in [7, 11) is 1.28. The van der Waals surface area contributed by atoms with Gasteiger partial charge in [0.1, 0.15) is 5.82 Å². The third-order valence-corrected chi connectivity index (χ3v) is 4.62. The minimum atomic E-state index is -0.496. The number of ether oxygens (including phenoxy) is 1. The number of nitrogens with one attached hydrogen (secondary N) is 1. The molecule has 0 amide bonds. The van der Waals surface area contributed by atoms with Crippen LogP contribution in [0, 0.1) is 5.82 Å². The molecule has 3 aromatic rings. The van der Waals surface area contributed by atoms with Crippen molar-refractivity contribution in [3.05, 3.63) is 86.5 Å². The lowest BCUT2D eigenvalue weighted by Crippen LogP contribution is -2.20. The Morgan fingerprint density at radius 2 is 1.83 bits per heavy atom. The van der Waals surface area contributed by atoms with E-state index in [2.05, 4.69) is 10.1 Å². The summed E-state index contributed by atoms with van der Waals surface area (Å²) in [6, 6.07) is 12.7. The number of H-pyrrole nitrogens is 1. The van der Waals surface area contributed by atoms with Gasteiger partial charge in [0.2, 0.25) is 0 Å². The van der Waals surface area contributed by atoms with Crippen molar-refractivity contribution in [3.63, 3.8) is 0 Å². The standard InChI is InChI=1S/C21H19ClFN3O3/c1-13(24-12-14-3-5-15(22)6-4-14)20-18(11-19(27)29-2)25-26(21(20)28)17-9-7-16(23)8-10-17/h3-10,25H,11-12H2,1-2H3. The summed E-state index contributed by atoms with van der Waals surface area (Å²) in [5.74, 6) is -0.909.